The van der Waals surface area contributed by atoms with Crippen LogP contribution in [0.15, 0.2) is 30.0 Å². The molecule has 0 atom stereocenters. The average Bonchev–Trinajstić information content (AvgIpc) is 2.24. The molecule has 0 aromatic heterocycles. The normalized spacial score (nSPS) is 8.47. The molecule has 0 fully saturated rings. The van der Waals surface area contributed by atoms with Crippen molar-refractivity contribution in [3.05, 3.63) is 35.0 Å². The second-order valence-corrected chi connectivity index (χ2v) is 3.00. The first kappa shape index (κ1) is 10.9. The van der Waals surface area contributed by atoms with Crippen LogP contribution >= 0.6 is 11.6 Å². The highest BCUT2D eigenvalue weighted by Crippen LogP contribution is 2.25. The highest BCUT2D eigenvalue weighted by atomic mass is 35.5. The van der Waals surface area contributed by atoms with E-state index in [1.165, 1.54) is 18.3 Å². The molecule has 0 aliphatic carbocycles. The van der Waals surface area contributed by atoms with Crippen LogP contribution in [-0.4, -0.2) is 5.11 Å². The molecule has 0 spiro atoms. The van der Waals surface area contributed by atoms with E-state index < -0.39 is 0 Å². The predicted molar refractivity (Wildman–Crippen MR) is 56.0 cm³/mol. The summed E-state index contributed by atoms with van der Waals surface area (Å²) in [5, 5.41) is 29.0. The van der Waals surface area contributed by atoms with Gasteiger partial charge in [-0.2, -0.15) is 10.5 Å². The molecule has 4 nitrogen and oxygen atoms in total. The molecule has 74 valence electrons. The molecule has 0 amide bonds. The van der Waals surface area contributed by atoms with Gasteiger partial charge in [0.05, 0.1) is 5.02 Å². The van der Waals surface area contributed by atoms with Crippen LogP contribution in [0.3, 0.4) is 0 Å². The van der Waals surface area contributed by atoms with Gasteiger partial charge in [0.25, 0.3) is 0 Å². The van der Waals surface area contributed by atoms with E-state index in [0.29, 0.717) is 5.69 Å². The summed E-state index contributed by atoms with van der Waals surface area (Å²) in [7, 11) is 0. The Morgan fingerprint density at radius 3 is 2.60 bits per heavy atom. The Hall–Kier alpha value is -2.17. The standard InChI is InChI=1S/C10H6ClN3O/c11-9-3-8(1-2-10(9)15)14-6-7(4-12)5-13/h1-3,6,14-15H. The monoisotopic (exact) mass is 219 g/mol. The van der Waals surface area contributed by atoms with E-state index in [1.807, 2.05) is 0 Å². The SMILES string of the molecule is N#CC(C#N)=CNc1ccc(O)c(Cl)c1. The van der Waals surface area contributed by atoms with Crippen LogP contribution in [0.4, 0.5) is 5.69 Å². The molecule has 0 saturated carbocycles. The van der Waals surface area contributed by atoms with Gasteiger partial charge in [-0.3, -0.25) is 0 Å². The highest BCUT2D eigenvalue weighted by molar-refractivity contribution is 6.32. The lowest BCUT2D eigenvalue weighted by Crippen LogP contribution is -1.89. The number of nitriles is 2. The van der Waals surface area contributed by atoms with Crippen LogP contribution in [0.5, 0.6) is 5.75 Å². The number of nitrogens with zero attached hydrogens (tertiary/aromatic N) is 2. The summed E-state index contributed by atoms with van der Waals surface area (Å²) in [6, 6.07) is 7.88. The van der Waals surface area contributed by atoms with E-state index in [1.54, 1.807) is 18.2 Å². The van der Waals surface area contributed by atoms with Gasteiger partial charge in [-0.1, -0.05) is 11.6 Å². The van der Waals surface area contributed by atoms with Crippen LogP contribution in [0.1, 0.15) is 0 Å². The van der Waals surface area contributed by atoms with E-state index in [2.05, 4.69) is 5.32 Å². The van der Waals surface area contributed by atoms with Gasteiger partial charge >= 0.3 is 0 Å². The number of nitrogens with one attached hydrogen (secondary N) is 1. The summed E-state index contributed by atoms with van der Waals surface area (Å²) in [5.41, 5.74) is 0.542. The van der Waals surface area contributed by atoms with Crippen molar-refractivity contribution in [2.24, 2.45) is 0 Å². The second kappa shape index (κ2) is 4.90. The Labute approximate surface area is 91.6 Å². The zero-order chi connectivity index (χ0) is 11.3. The molecular formula is C10H6ClN3O. The van der Waals surface area contributed by atoms with Crippen LogP contribution in [0.25, 0.3) is 0 Å². The molecule has 5 heteroatoms. The fourth-order valence-electron chi connectivity index (χ4n) is 0.842. The summed E-state index contributed by atoms with van der Waals surface area (Å²) in [6.07, 6.45) is 1.27. The molecular weight excluding hydrogens is 214 g/mol. The fourth-order valence-corrected chi connectivity index (χ4v) is 1.02. The van der Waals surface area contributed by atoms with Crippen molar-refractivity contribution in [2.75, 3.05) is 5.32 Å². The molecule has 0 radical (unpaired) electrons. The molecule has 2 N–H and O–H groups in total. The Balaban J connectivity index is 2.84. The van der Waals surface area contributed by atoms with Gasteiger partial charge in [0, 0.05) is 11.9 Å². The Morgan fingerprint density at radius 1 is 1.40 bits per heavy atom. The molecule has 1 rings (SSSR count). The maximum absolute atomic E-state index is 9.13. The fraction of sp³-hybridized carbons (Fsp3) is 0. The molecule has 0 saturated heterocycles. The van der Waals surface area contributed by atoms with Gasteiger partial charge in [-0.05, 0) is 18.2 Å². The number of rotatable bonds is 2. The number of halogens is 1. The second-order valence-electron chi connectivity index (χ2n) is 2.59. The lowest BCUT2D eigenvalue weighted by atomic mass is 10.3. The van der Waals surface area contributed by atoms with Gasteiger partial charge in [0.1, 0.15) is 23.5 Å². The number of allylic oxidation sites excluding steroid dienone is 1. The van der Waals surface area contributed by atoms with Gasteiger partial charge in [-0.15, -0.1) is 0 Å². The van der Waals surface area contributed by atoms with Gasteiger partial charge in [-0.25, -0.2) is 0 Å². The molecule has 0 heterocycles. The minimum Gasteiger partial charge on any atom is -0.506 e. The summed E-state index contributed by atoms with van der Waals surface area (Å²) in [4.78, 5) is 0. The number of phenolic OH excluding ortho intramolecular Hbond substituents is 1. The van der Waals surface area contributed by atoms with Gasteiger partial charge < -0.3 is 10.4 Å². The third-order valence-corrected chi connectivity index (χ3v) is 1.87. The molecule has 0 unspecified atom stereocenters. The summed E-state index contributed by atoms with van der Waals surface area (Å²) < 4.78 is 0. The van der Waals surface area contributed by atoms with Crippen LogP contribution in [0, 0.1) is 22.7 Å². The Bertz CT molecular complexity index is 466. The molecule has 1 aromatic rings. The number of benzene rings is 1. The smallest absolute Gasteiger partial charge is 0.145 e. The molecule has 0 aliphatic heterocycles. The Kier molecular flexibility index (Phi) is 3.56. The third-order valence-electron chi connectivity index (χ3n) is 1.57. The van der Waals surface area contributed by atoms with Gasteiger partial charge in [0.15, 0.2) is 0 Å². The van der Waals surface area contributed by atoms with E-state index >= 15 is 0 Å². The van der Waals surface area contributed by atoms with Crippen LogP contribution in [-0.2, 0) is 0 Å². The quantitative estimate of drug-likeness (QED) is 0.591. The van der Waals surface area contributed by atoms with Crippen LogP contribution < -0.4 is 5.32 Å². The minimum absolute atomic E-state index is 0.0213. The topological polar surface area (TPSA) is 79.8 Å². The first-order chi connectivity index (χ1) is 7.17. The lowest BCUT2D eigenvalue weighted by molar-refractivity contribution is 0.475. The zero-order valence-electron chi connectivity index (χ0n) is 7.53. The highest BCUT2D eigenvalue weighted by Gasteiger charge is 1.98. The summed E-state index contributed by atoms with van der Waals surface area (Å²) in [6.45, 7) is 0. The largest absolute Gasteiger partial charge is 0.506 e. The molecule has 1 aromatic carbocycles. The summed E-state index contributed by atoms with van der Waals surface area (Å²) in [5.74, 6) is -0.0213. The van der Waals surface area contributed by atoms with Crippen molar-refractivity contribution < 1.29 is 5.11 Å². The maximum atomic E-state index is 9.13. The van der Waals surface area contributed by atoms with Crippen molar-refractivity contribution in [3.8, 4) is 17.9 Å². The first-order valence-electron chi connectivity index (χ1n) is 3.93. The minimum atomic E-state index is -0.0424. The first-order valence-corrected chi connectivity index (χ1v) is 4.30. The van der Waals surface area contributed by atoms with E-state index in [4.69, 9.17) is 27.2 Å². The number of aromatic hydroxyl groups is 1. The third kappa shape index (κ3) is 2.91. The lowest BCUT2D eigenvalue weighted by Gasteiger charge is -2.02. The molecule has 0 bridgehead atoms. The number of anilines is 1. The number of hydrogen-bond donors (Lipinski definition) is 2. The maximum Gasteiger partial charge on any atom is 0.145 e. The van der Waals surface area contributed by atoms with Crippen molar-refractivity contribution in [1.82, 2.24) is 0 Å². The molecule has 15 heavy (non-hydrogen) atoms. The zero-order valence-corrected chi connectivity index (χ0v) is 8.28. The average molecular weight is 220 g/mol. The van der Waals surface area contributed by atoms with E-state index in [-0.39, 0.29) is 16.3 Å². The Morgan fingerprint density at radius 2 is 2.07 bits per heavy atom. The number of phenols is 1. The van der Waals surface area contributed by atoms with Gasteiger partial charge in [0.2, 0.25) is 0 Å². The van der Waals surface area contributed by atoms with E-state index in [0.717, 1.165) is 0 Å². The number of hydrogen-bond acceptors (Lipinski definition) is 4. The van der Waals surface area contributed by atoms with Crippen molar-refractivity contribution in [2.45, 2.75) is 0 Å². The van der Waals surface area contributed by atoms with Crippen molar-refractivity contribution >= 4 is 17.3 Å². The van der Waals surface area contributed by atoms with E-state index in [9.17, 15) is 0 Å². The van der Waals surface area contributed by atoms with Crippen molar-refractivity contribution in [3.63, 3.8) is 0 Å². The predicted octanol–water partition coefficient (Wildman–Crippen LogP) is 2.39. The van der Waals surface area contributed by atoms with Crippen molar-refractivity contribution in [1.29, 1.82) is 10.5 Å². The summed E-state index contributed by atoms with van der Waals surface area (Å²) >= 11 is 5.66. The molecule has 0 aliphatic rings. The van der Waals surface area contributed by atoms with Crippen LogP contribution in [0.2, 0.25) is 5.02 Å².